The van der Waals surface area contributed by atoms with E-state index in [2.05, 4.69) is 17.3 Å². The van der Waals surface area contributed by atoms with Crippen LogP contribution in [0.1, 0.15) is 36.5 Å². The van der Waals surface area contributed by atoms with Crippen LogP contribution in [0.25, 0.3) is 0 Å². The monoisotopic (exact) mass is 254 g/mol. The average Bonchev–Trinajstić information content (AvgIpc) is 2.38. The summed E-state index contributed by atoms with van der Waals surface area (Å²) in [7, 11) is 1.66. The zero-order chi connectivity index (χ0) is 13.5. The molecule has 1 amide bonds. The van der Waals surface area contributed by atoms with E-state index in [-0.39, 0.29) is 17.3 Å². The SMILES string of the molecule is CCCCCN(C)C(=O)c1ccnc(NN)c1F. The number of hydrogen-bond donors (Lipinski definition) is 2. The fraction of sp³-hybridized carbons (Fsp3) is 0.500. The molecule has 18 heavy (non-hydrogen) atoms. The van der Waals surface area contributed by atoms with Crippen LogP contribution in [0, 0.1) is 5.82 Å². The molecule has 0 atom stereocenters. The Bertz CT molecular complexity index is 411. The van der Waals surface area contributed by atoms with Crippen LogP contribution in [0.4, 0.5) is 10.2 Å². The van der Waals surface area contributed by atoms with Crippen LogP contribution in [0.5, 0.6) is 0 Å². The minimum atomic E-state index is -0.715. The van der Waals surface area contributed by atoms with Gasteiger partial charge in [-0.25, -0.2) is 15.2 Å². The second-order valence-electron chi connectivity index (χ2n) is 4.10. The van der Waals surface area contributed by atoms with Gasteiger partial charge in [-0.2, -0.15) is 0 Å². The number of carbonyl (C=O) groups is 1. The number of nitrogens with one attached hydrogen (secondary N) is 1. The van der Waals surface area contributed by atoms with Gasteiger partial charge in [0.25, 0.3) is 5.91 Å². The maximum atomic E-state index is 13.8. The van der Waals surface area contributed by atoms with Crippen molar-refractivity contribution in [2.75, 3.05) is 19.0 Å². The molecule has 5 nitrogen and oxygen atoms in total. The first-order chi connectivity index (χ1) is 8.61. The molecule has 0 aliphatic carbocycles. The molecule has 0 spiro atoms. The maximum absolute atomic E-state index is 13.8. The lowest BCUT2D eigenvalue weighted by atomic mass is 10.2. The highest BCUT2D eigenvalue weighted by Gasteiger charge is 2.18. The third-order valence-electron chi connectivity index (χ3n) is 2.70. The molecule has 0 aliphatic heterocycles. The van der Waals surface area contributed by atoms with Crippen molar-refractivity contribution in [3.8, 4) is 0 Å². The number of aromatic nitrogens is 1. The minimum Gasteiger partial charge on any atom is -0.342 e. The summed E-state index contributed by atoms with van der Waals surface area (Å²) >= 11 is 0. The molecular weight excluding hydrogens is 235 g/mol. The molecule has 0 fully saturated rings. The molecule has 1 heterocycles. The van der Waals surface area contributed by atoms with Crippen molar-refractivity contribution in [2.45, 2.75) is 26.2 Å². The van der Waals surface area contributed by atoms with Crippen molar-refractivity contribution in [1.29, 1.82) is 0 Å². The van der Waals surface area contributed by atoms with Gasteiger partial charge in [-0.3, -0.25) is 4.79 Å². The van der Waals surface area contributed by atoms with Crippen molar-refractivity contribution in [1.82, 2.24) is 9.88 Å². The van der Waals surface area contributed by atoms with Crippen LogP contribution in [-0.4, -0.2) is 29.4 Å². The summed E-state index contributed by atoms with van der Waals surface area (Å²) in [5.41, 5.74) is 2.11. The van der Waals surface area contributed by atoms with E-state index in [0.717, 1.165) is 19.3 Å². The third kappa shape index (κ3) is 3.40. The fourth-order valence-corrected chi connectivity index (χ4v) is 1.62. The Kier molecular flexibility index (Phi) is 5.51. The molecule has 0 unspecified atom stereocenters. The molecular formula is C12H19FN4O. The number of halogens is 1. The van der Waals surface area contributed by atoms with Crippen LogP contribution < -0.4 is 11.3 Å². The molecule has 0 aromatic carbocycles. The summed E-state index contributed by atoms with van der Waals surface area (Å²) in [5.74, 6) is 3.92. The number of unbranched alkanes of at least 4 members (excludes halogenated alkanes) is 2. The van der Waals surface area contributed by atoms with Crippen LogP contribution in [0.2, 0.25) is 0 Å². The average molecular weight is 254 g/mol. The van der Waals surface area contributed by atoms with Gasteiger partial charge in [0.1, 0.15) is 0 Å². The van der Waals surface area contributed by atoms with E-state index in [4.69, 9.17) is 5.84 Å². The standard InChI is InChI=1S/C12H19FN4O/c1-3-4-5-8-17(2)12(18)9-6-7-15-11(16-14)10(9)13/h6-7H,3-5,8,14H2,1-2H3,(H,15,16). The number of anilines is 1. The van der Waals surface area contributed by atoms with E-state index in [1.807, 2.05) is 0 Å². The molecule has 1 aromatic heterocycles. The highest BCUT2D eigenvalue weighted by molar-refractivity contribution is 5.95. The fourth-order valence-electron chi connectivity index (χ4n) is 1.62. The second-order valence-corrected chi connectivity index (χ2v) is 4.10. The Morgan fingerprint density at radius 3 is 2.89 bits per heavy atom. The van der Waals surface area contributed by atoms with Crippen LogP contribution in [0.3, 0.4) is 0 Å². The topological polar surface area (TPSA) is 71.2 Å². The number of nitrogens with two attached hydrogens (primary N) is 1. The molecule has 0 radical (unpaired) electrons. The quantitative estimate of drug-likeness (QED) is 0.461. The number of pyridine rings is 1. The lowest BCUT2D eigenvalue weighted by Gasteiger charge is -2.17. The smallest absolute Gasteiger partial charge is 0.256 e. The highest BCUT2D eigenvalue weighted by atomic mass is 19.1. The molecule has 3 N–H and O–H groups in total. The number of hydrogen-bond acceptors (Lipinski definition) is 4. The number of nitrogens with zero attached hydrogens (tertiary/aromatic N) is 2. The molecule has 100 valence electrons. The van der Waals surface area contributed by atoms with Gasteiger partial charge in [0.2, 0.25) is 0 Å². The van der Waals surface area contributed by atoms with Gasteiger partial charge >= 0.3 is 0 Å². The molecule has 0 saturated heterocycles. The Hall–Kier alpha value is -1.69. The van der Waals surface area contributed by atoms with E-state index < -0.39 is 5.82 Å². The van der Waals surface area contributed by atoms with E-state index in [1.165, 1.54) is 17.2 Å². The van der Waals surface area contributed by atoms with Crippen molar-refractivity contribution >= 4 is 11.7 Å². The molecule has 0 aliphatic rings. The van der Waals surface area contributed by atoms with Gasteiger partial charge in [-0.15, -0.1) is 0 Å². The summed E-state index contributed by atoms with van der Waals surface area (Å²) in [6.45, 7) is 2.70. The lowest BCUT2D eigenvalue weighted by Crippen LogP contribution is -2.29. The Balaban J connectivity index is 2.77. The van der Waals surface area contributed by atoms with Gasteiger partial charge in [-0.05, 0) is 12.5 Å². The Morgan fingerprint density at radius 2 is 2.28 bits per heavy atom. The van der Waals surface area contributed by atoms with Crippen molar-refractivity contribution in [3.63, 3.8) is 0 Å². The lowest BCUT2D eigenvalue weighted by molar-refractivity contribution is 0.0788. The maximum Gasteiger partial charge on any atom is 0.256 e. The number of hydrazine groups is 1. The summed E-state index contributed by atoms with van der Waals surface area (Å²) in [4.78, 5) is 17.2. The largest absolute Gasteiger partial charge is 0.342 e. The zero-order valence-corrected chi connectivity index (χ0v) is 10.7. The van der Waals surface area contributed by atoms with Gasteiger partial charge in [0.05, 0.1) is 5.56 Å². The Labute approximate surface area is 106 Å². The van der Waals surface area contributed by atoms with Gasteiger partial charge in [-0.1, -0.05) is 19.8 Å². The molecule has 0 saturated carbocycles. The van der Waals surface area contributed by atoms with Crippen LogP contribution in [0.15, 0.2) is 12.3 Å². The highest BCUT2D eigenvalue weighted by Crippen LogP contribution is 2.15. The van der Waals surface area contributed by atoms with Gasteiger partial charge in [0.15, 0.2) is 11.6 Å². The van der Waals surface area contributed by atoms with E-state index in [0.29, 0.717) is 6.54 Å². The number of amides is 1. The third-order valence-corrected chi connectivity index (χ3v) is 2.70. The molecule has 1 rings (SSSR count). The first-order valence-corrected chi connectivity index (χ1v) is 5.98. The van der Waals surface area contributed by atoms with Crippen LogP contribution in [-0.2, 0) is 0 Å². The summed E-state index contributed by atoms with van der Waals surface area (Å²) in [6, 6.07) is 1.36. The molecule has 6 heteroatoms. The minimum absolute atomic E-state index is 0.0167. The van der Waals surface area contributed by atoms with Crippen LogP contribution >= 0.6 is 0 Å². The number of rotatable bonds is 6. The zero-order valence-electron chi connectivity index (χ0n) is 10.7. The van der Waals surface area contributed by atoms with E-state index in [9.17, 15) is 9.18 Å². The number of nitrogen functional groups attached to an aromatic ring is 1. The number of carbonyl (C=O) groups excluding carboxylic acids is 1. The normalized spacial score (nSPS) is 10.2. The molecule has 1 aromatic rings. The van der Waals surface area contributed by atoms with Gasteiger partial charge in [0, 0.05) is 19.8 Å². The van der Waals surface area contributed by atoms with Crippen molar-refractivity contribution < 1.29 is 9.18 Å². The molecule has 0 bridgehead atoms. The van der Waals surface area contributed by atoms with Crippen molar-refractivity contribution in [3.05, 3.63) is 23.6 Å². The summed E-state index contributed by atoms with van der Waals surface area (Å²) in [5, 5.41) is 0. The first-order valence-electron chi connectivity index (χ1n) is 5.98. The van der Waals surface area contributed by atoms with Gasteiger partial charge < -0.3 is 10.3 Å². The predicted octanol–water partition coefficient (Wildman–Crippen LogP) is 1.77. The summed E-state index contributed by atoms with van der Waals surface area (Å²) in [6.07, 6.45) is 4.39. The Morgan fingerprint density at radius 1 is 1.56 bits per heavy atom. The predicted molar refractivity (Wildman–Crippen MR) is 68.5 cm³/mol. The van der Waals surface area contributed by atoms with E-state index in [1.54, 1.807) is 7.05 Å². The van der Waals surface area contributed by atoms with E-state index >= 15 is 0 Å². The summed E-state index contributed by atoms with van der Waals surface area (Å²) < 4.78 is 13.8. The van der Waals surface area contributed by atoms with Crippen molar-refractivity contribution in [2.24, 2.45) is 5.84 Å². The first kappa shape index (κ1) is 14.4. The second kappa shape index (κ2) is 6.90.